The third kappa shape index (κ3) is 3.89. The van der Waals surface area contributed by atoms with Crippen LogP contribution in [0, 0.1) is 17.8 Å². The lowest BCUT2D eigenvalue weighted by atomic mass is 9.66. The minimum Gasteiger partial charge on any atom is -0.380 e. The summed E-state index contributed by atoms with van der Waals surface area (Å²) in [6, 6.07) is 10.1. The molecule has 2 rings (SSSR count). The summed E-state index contributed by atoms with van der Waals surface area (Å²) in [6.07, 6.45) is 3.40. The van der Waals surface area contributed by atoms with Gasteiger partial charge in [-0.05, 0) is 42.6 Å². The number of carbonyl (C=O) groups is 1. The summed E-state index contributed by atoms with van der Waals surface area (Å²) in [5.74, 6) is 0.589. The van der Waals surface area contributed by atoms with Gasteiger partial charge >= 0.3 is 0 Å². The number of benzene rings is 1. The second-order valence-corrected chi connectivity index (χ2v) is 7.15. The van der Waals surface area contributed by atoms with Crippen molar-refractivity contribution in [2.24, 2.45) is 17.8 Å². The van der Waals surface area contributed by atoms with Gasteiger partial charge in [0, 0.05) is 6.54 Å². The summed E-state index contributed by atoms with van der Waals surface area (Å²) in [4.78, 5) is 12.6. The Hall–Kier alpha value is -1.35. The van der Waals surface area contributed by atoms with E-state index in [2.05, 4.69) is 38.2 Å². The average molecular weight is 303 g/mol. The van der Waals surface area contributed by atoms with Crippen molar-refractivity contribution in [1.82, 2.24) is 5.32 Å². The van der Waals surface area contributed by atoms with Gasteiger partial charge in [-0.25, -0.2) is 0 Å². The summed E-state index contributed by atoms with van der Waals surface area (Å²) in [5, 5.41) is 14.0. The van der Waals surface area contributed by atoms with Crippen LogP contribution < -0.4 is 5.32 Å². The second kappa shape index (κ2) is 7.28. The number of hydrogen-bond donors (Lipinski definition) is 2. The molecule has 1 aromatic carbocycles. The zero-order valence-electron chi connectivity index (χ0n) is 14.0. The Morgan fingerprint density at radius 1 is 1.32 bits per heavy atom. The van der Waals surface area contributed by atoms with E-state index >= 15 is 0 Å². The van der Waals surface area contributed by atoms with Crippen LogP contribution in [-0.4, -0.2) is 23.2 Å². The predicted octanol–water partition coefficient (Wildman–Crippen LogP) is 3.17. The molecule has 1 amide bonds. The van der Waals surface area contributed by atoms with Crippen molar-refractivity contribution < 1.29 is 9.90 Å². The molecule has 1 aliphatic carbocycles. The van der Waals surface area contributed by atoms with Crippen LogP contribution in [0.15, 0.2) is 30.3 Å². The van der Waals surface area contributed by atoms with Crippen LogP contribution in [-0.2, 0) is 11.2 Å². The Balaban J connectivity index is 1.96. The fourth-order valence-electron chi connectivity index (χ4n) is 3.75. The number of nitrogens with one attached hydrogen (secondary N) is 1. The molecule has 1 aromatic rings. The Labute approximate surface area is 134 Å². The van der Waals surface area contributed by atoms with E-state index in [0.717, 1.165) is 19.3 Å². The molecule has 22 heavy (non-hydrogen) atoms. The second-order valence-electron chi connectivity index (χ2n) is 7.15. The average Bonchev–Trinajstić information content (AvgIpc) is 2.47. The first kappa shape index (κ1) is 17.0. The monoisotopic (exact) mass is 303 g/mol. The van der Waals surface area contributed by atoms with Crippen LogP contribution in [0.4, 0.5) is 0 Å². The van der Waals surface area contributed by atoms with Crippen molar-refractivity contribution in [1.29, 1.82) is 0 Å². The van der Waals surface area contributed by atoms with Crippen LogP contribution in [0.3, 0.4) is 0 Å². The van der Waals surface area contributed by atoms with Gasteiger partial charge in [-0.1, -0.05) is 57.5 Å². The highest BCUT2D eigenvalue weighted by molar-refractivity contribution is 5.85. The topological polar surface area (TPSA) is 49.3 Å². The molecule has 1 saturated carbocycles. The smallest absolute Gasteiger partial charge is 0.252 e. The first-order valence-corrected chi connectivity index (χ1v) is 8.48. The lowest BCUT2D eigenvalue weighted by molar-refractivity contribution is -0.155. The van der Waals surface area contributed by atoms with Crippen LogP contribution in [0.5, 0.6) is 0 Å². The van der Waals surface area contributed by atoms with E-state index in [1.54, 1.807) is 0 Å². The molecule has 3 nitrogen and oxygen atoms in total. The summed E-state index contributed by atoms with van der Waals surface area (Å²) >= 11 is 0. The van der Waals surface area contributed by atoms with E-state index in [9.17, 15) is 9.90 Å². The first-order chi connectivity index (χ1) is 10.4. The maximum atomic E-state index is 12.6. The van der Waals surface area contributed by atoms with Crippen LogP contribution in [0.1, 0.15) is 45.6 Å². The van der Waals surface area contributed by atoms with Crippen molar-refractivity contribution in [2.75, 3.05) is 6.54 Å². The number of carbonyl (C=O) groups excluding carboxylic acids is 1. The Kier molecular flexibility index (Phi) is 5.63. The Morgan fingerprint density at radius 3 is 2.64 bits per heavy atom. The summed E-state index contributed by atoms with van der Waals surface area (Å²) < 4.78 is 0. The van der Waals surface area contributed by atoms with E-state index < -0.39 is 5.60 Å². The van der Waals surface area contributed by atoms with Crippen molar-refractivity contribution in [2.45, 2.75) is 52.1 Å². The maximum Gasteiger partial charge on any atom is 0.252 e. The molecule has 0 saturated heterocycles. The van der Waals surface area contributed by atoms with Gasteiger partial charge in [0.25, 0.3) is 5.91 Å². The van der Waals surface area contributed by atoms with E-state index in [1.807, 2.05) is 18.2 Å². The van der Waals surface area contributed by atoms with Gasteiger partial charge in [0.1, 0.15) is 5.60 Å². The number of rotatable bonds is 5. The fourth-order valence-corrected chi connectivity index (χ4v) is 3.75. The van der Waals surface area contributed by atoms with Gasteiger partial charge in [0.2, 0.25) is 0 Å². The molecule has 0 spiro atoms. The molecule has 0 heterocycles. The molecule has 0 bridgehead atoms. The number of amides is 1. The van der Waals surface area contributed by atoms with Gasteiger partial charge in [0.05, 0.1) is 0 Å². The van der Waals surface area contributed by atoms with Gasteiger partial charge in [-0.15, -0.1) is 0 Å². The van der Waals surface area contributed by atoms with Crippen molar-refractivity contribution in [3.63, 3.8) is 0 Å². The molecule has 0 aromatic heterocycles. The highest BCUT2D eigenvalue weighted by Crippen LogP contribution is 2.41. The molecular weight excluding hydrogens is 274 g/mol. The SMILES string of the molecule is CC1CCC(C(C)C)C(O)(C(=O)NCCc2ccccc2)C1. The highest BCUT2D eigenvalue weighted by atomic mass is 16.3. The lowest BCUT2D eigenvalue weighted by Crippen LogP contribution is -2.56. The Morgan fingerprint density at radius 2 is 2.00 bits per heavy atom. The predicted molar refractivity (Wildman–Crippen MR) is 89.4 cm³/mol. The fraction of sp³-hybridized carbons (Fsp3) is 0.632. The summed E-state index contributed by atoms with van der Waals surface area (Å²) in [7, 11) is 0. The van der Waals surface area contributed by atoms with Gasteiger partial charge in [-0.3, -0.25) is 4.79 Å². The molecule has 1 aliphatic rings. The molecule has 2 N–H and O–H groups in total. The van der Waals surface area contributed by atoms with Gasteiger partial charge in [0.15, 0.2) is 0 Å². The highest BCUT2D eigenvalue weighted by Gasteiger charge is 2.48. The molecule has 122 valence electrons. The number of aliphatic hydroxyl groups is 1. The van der Waals surface area contributed by atoms with Gasteiger partial charge in [-0.2, -0.15) is 0 Å². The van der Waals surface area contributed by atoms with E-state index in [1.165, 1.54) is 5.56 Å². The minimum atomic E-state index is -1.21. The number of hydrogen-bond acceptors (Lipinski definition) is 2. The summed E-state index contributed by atoms with van der Waals surface area (Å²) in [6.45, 7) is 6.90. The van der Waals surface area contributed by atoms with Crippen molar-refractivity contribution >= 4 is 5.91 Å². The molecular formula is C19H29NO2. The standard InChI is InChI=1S/C19H29NO2/c1-14(2)17-10-9-15(3)13-19(17,22)18(21)20-12-11-16-7-5-4-6-8-16/h4-8,14-15,17,22H,9-13H2,1-3H3,(H,20,21). The third-order valence-electron chi connectivity index (χ3n) is 4.98. The minimum absolute atomic E-state index is 0.0559. The quantitative estimate of drug-likeness (QED) is 0.878. The molecule has 3 unspecified atom stereocenters. The van der Waals surface area contributed by atoms with Gasteiger partial charge < -0.3 is 10.4 Å². The van der Waals surface area contributed by atoms with E-state index in [-0.39, 0.29) is 11.8 Å². The lowest BCUT2D eigenvalue weighted by Gasteiger charge is -2.43. The Bertz CT molecular complexity index is 485. The van der Waals surface area contributed by atoms with E-state index in [0.29, 0.717) is 24.8 Å². The summed E-state index contributed by atoms with van der Waals surface area (Å²) in [5.41, 5.74) is -0.00471. The van der Waals surface area contributed by atoms with Crippen LogP contribution in [0.25, 0.3) is 0 Å². The van der Waals surface area contributed by atoms with Crippen LogP contribution >= 0.6 is 0 Å². The molecule has 3 heteroatoms. The van der Waals surface area contributed by atoms with Crippen LogP contribution in [0.2, 0.25) is 0 Å². The van der Waals surface area contributed by atoms with Crippen molar-refractivity contribution in [3.8, 4) is 0 Å². The molecule has 1 fully saturated rings. The molecule has 0 radical (unpaired) electrons. The van der Waals surface area contributed by atoms with Crippen molar-refractivity contribution in [3.05, 3.63) is 35.9 Å². The first-order valence-electron chi connectivity index (χ1n) is 8.48. The zero-order valence-corrected chi connectivity index (χ0v) is 14.0. The normalized spacial score (nSPS) is 28.6. The van der Waals surface area contributed by atoms with E-state index in [4.69, 9.17) is 0 Å². The molecule has 3 atom stereocenters. The zero-order chi connectivity index (χ0) is 16.2. The maximum absolute atomic E-state index is 12.6. The largest absolute Gasteiger partial charge is 0.380 e. The molecule has 0 aliphatic heterocycles. The third-order valence-corrected chi connectivity index (χ3v) is 4.98.